The first-order chi connectivity index (χ1) is 7.15. The number of likely N-dealkylation sites (N-methyl/N-ethyl adjacent to an activating group) is 1. The van der Waals surface area contributed by atoms with Gasteiger partial charge in [-0.25, -0.2) is 0 Å². The van der Waals surface area contributed by atoms with Crippen LogP contribution in [-0.4, -0.2) is 18.9 Å². The van der Waals surface area contributed by atoms with Gasteiger partial charge < -0.3 is 5.32 Å². The molecule has 0 aromatic rings. The first-order valence-electron chi connectivity index (χ1n) is 6.35. The molecule has 0 aliphatic heterocycles. The van der Waals surface area contributed by atoms with Gasteiger partial charge in [0.2, 0.25) is 0 Å². The number of nitrogens with one attached hydrogen (secondary N) is 1. The number of hydrogen-bond donors (Lipinski definition) is 1. The second kappa shape index (κ2) is 6.26. The van der Waals surface area contributed by atoms with E-state index in [1.54, 1.807) is 0 Å². The van der Waals surface area contributed by atoms with Crippen molar-refractivity contribution in [2.75, 3.05) is 7.05 Å². The zero-order valence-electron chi connectivity index (χ0n) is 10.4. The van der Waals surface area contributed by atoms with Crippen LogP contribution in [-0.2, 0) is 4.79 Å². The van der Waals surface area contributed by atoms with E-state index in [9.17, 15) is 4.79 Å². The van der Waals surface area contributed by atoms with Gasteiger partial charge in [-0.15, -0.1) is 0 Å². The van der Waals surface area contributed by atoms with Crippen LogP contribution >= 0.6 is 0 Å². The van der Waals surface area contributed by atoms with Crippen molar-refractivity contribution in [2.24, 2.45) is 11.8 Å². The molecule has 88 valence electrons. The lowest BCUT2D eigenvalue weighted by atomic mass is 9.78. The summed E-state index contributed by atoms with van der Waals surface area (Å²) in [7, 11) is 1.86. The van der Waals surface area contributed by atoms with Gasteiger partial charge in [0, 0.05) is 6.42 Å². The number of Topliss-reactive ketones (excluding diaryl/α,β-unsaturated/α-hetero) is 1. The van der Waals surface area contributed by atoms with E-state index in [0.717, 1.165) is 12.3 Å². The van der Waals surface area contributed by atoms with E-state index >= 15 is 0 Å². The Morgan fingerprint density at radius 2 is 1.87 bits per heavy atom. The highest BCUT2D eigenvalue weighted by Crippen LogP contribution is 2.31. The maximum absolute atomic E-state index is 11.8. The number of hydrogen-bond acceptors (Lipinski definition) is 2. The summed E-state index contributed by atoms with van der Waals surface area (Å²) < 4.78 is 0. The second-order valence-electron chi connectivity index (χ2n) is 5.06. The van der Waals surface area contributed by atoms with Crippen molar-refractivity contribution >= 4 is 5.78 Å². The molecule has 1 fully saturated rings. The highest BCUT2D eigenvalue weighted by Gasteiger charge is 2.23. The molecule has 0 aromatic carbocycles. The fourth-order valence-electron chi connectivity index (χ4n) is 2.52. The SMILES string of the molecule is CN[C@@H](C)C(=O)CC(C)C1CCCCC1. The Hall–Kier alpha value is -0.370. The Labute approximate surface area is 93.8 Å². The molecule has 0 spiro atoms. The molecule has 2 atom stereocenters. The molecule has 15 heavy (non-hydrogen) atoms. The Kier molecular flexibility index (Phi) is 5.30. The Morgan fingerprint density at radius 3 is 2.40 bits per heavy atom. The molecule has 0 heterocycles. The van der Waals surface area contributed by atoms with Gasteiger partial charge in [0.15, 0.2) is 0 Å². The molecule has 1 aliphatic carbocycles. The van der Waals surface area contributed by atoms with Gasteiger partial charge in [0.25, 0.3) is 0 Å². The summed E-state index contributed by atoms with van der Waals surface area (Å²) in [5.41, 5.74) is 0. The minimum atomic E-state index is 0.0241. The highest BCUT2D eigenvalue weighted by molar-refractivity contribution is 5.83. The minimum Gasteiger partial charge on any atom is -0.311 e. The number of ketones is 1. The third kappa shape index (κ3) is 3.94. The molecule has 1 saturated carbocycles. The zero-order chi connectivity index (χ0) is 11.3. The Morgan fingerprint density at radius 1 is 1.27 bits per heavy atom. The smallest absolute Gasteiger partial charge is 0.149 e. The van der Waals surface area contributed by atoms with E-state index < -0.39 is 0 Å². The number of rotatable bonds is 5. The van der Waals surface area contributed by atoms with Crippen LogP contribution in [0.3, 0.4) is 0 Å². The molecule has 0 radical (unpaired) electrons. The average molecular weight is 211 g/mol. The maximum Gasteiger partial charge on any atom is 0.149 e. The van der Waals surface area contributed by atoms with E-state index in [-0.39, 0.29) is 6.04 Å². The topological polar surface area (TPSA) is 29.1 Å². The van der Waals surface area contributed by atoms with Crippen LogP contribution in [0.4, 0.5) is 0 Å². The molecular formula is C13H25NO. The minimum absolute atomic E-state index is 0.0241. The molecule has 0 saturated heterocycles. The fourth-order valence-corrected chi connectivity index (χ4v) is 2.52. The third-order valence-corrected chi connectivity index (χ3v) is 3.89. The van der Waals surface area contributed by atoms with Crippen LogP contribution in [0.1, 0.15) is 52.4 Å². The van der Waals surface area contributed by atoms with Crippen LogP contribution in [0.15, 0.2) is 0 Å². The largest absolute Gasteiger partial charge is 0.311 e. The molecule has 1 aliphatic rings. The fraction of sp³-hybridized carbons (Fsp3) is 0.923. The summed E-state index contributed by atoms with van der Waals surface area (Å²) >= 11 is 0. The standard InChI is InChI=1S/C13H25NO/c1-10(9-13(15)11(2)14-3)12-7-5-4-6-8-12/h10-12,14H,4-9H2,1-3H3/t10?,11-/m0/s1. The van der Waals surface area contributed by atoms with Crippen molar-refractivity contribution in [3.63, 3.8) is 0 Å². The van der Waals surface area contributed by atoms with Gasteiger partial charge in [-0.2, -0.15) is 0 Å². The lowest BCUT2D eigenvalue weighted by molar-refractivity contribution is -0.121. The van der Waals surface area contributed by atoms with Crippen molar-refractivity contribution < 1.29 is 4.79 Å². The first-order valence-corrected chi connectivity index (χ1v) is 6.35. The third-order valence-electron chi connectivity index (χ3n) is 3.89. The van der Waals surface area contributed by atoms with E-state index in [1.807, 2.05) is 14.0 Å². The zero-order valence-corrected chi connectivity index (χ0v) is 10.4. The van der Waals surface area contributed by atoms with Crippen molar-refractivity contribution in [3.8, 4) is 0 Å². The van der Waals surface area contributed by atoms with Crippen molar-refractivity contribution in [2.45, 2.75) is 58.4 Å². The summed E-state index contributed by atoms with van der Waals surface area (Å²) in [5.74, 6) is 1.75. The second-order valence-corrected chi connectivity index (χ2v) is 5.06. The van der Waals surface area contributed by atoms with E-state index in [4.69, 9.17) is 0 Å². The van der Waals surface area contributed by atoms with Crippen LogP contribution in [0, 0.1) is 11.8 Å². The van der Waals surface area contributed by atoms with Gasteiger partial charge in [-0.1, -0.05) is 39.0 Å². The quantitative estimate of drug-likeness (QED) is 0.757. The summed E-state index contributed by atoms with van der Waals surface area (Å²) in [6.07, 6.45) is 7.55. The normalized spacial score (nSPS) is 22.3. The van der Waals surface area contributed by atoms with Gasteiger partial charge >= 0.3 is 0 Å². The molecule has 2 heteroatoms. The molecule has 2 nitrogen and oxygen atoms in total. The van der Waals surface area contributed by atoms with Crippen molar-refractivity contribution in [3.05, 3.63) is 0 Å². The number of carbonyl (C=O) groups is 1. The van der Waals surface area contributed by atoms with Gasteiger partial charge in [-0.3, -0.25) is 4.79 Å². The van der Waals surface area contributed by atoms with Crippen LogP contribution in [0.25, 0.3) is 0 Å². The predicted molar refractivity (Wildman–Crippen MR) is 63.9 cm³/mol. The van der Waals surface area contributed by atoms with Crippen LogP contribution in [0.2, 0.25) is 0 Å². The summed E-state index contributed by atoms with van der Waals surface area (Å²) in [6.45, 7) is 4.20. The molecule has 0 bridgehead atoms. The molecule has 1 unspecified atom stereocenters. The van der Waals surface area contributed by atoms with Gasteiger partial charge in [0.05, 0.1) is 6.04 Å². The first kappa shape index (κ1) is 12.7. The monoisotopic (exact) mass is 211 g/mol. The summed E-state index contributed by atoms with van der Waals surface area (Å²) in [4.78, 5) is 11.8. The maximum atomic E-state index is 11.8. The summed E-state index contributed by atoms with van der Waals surface area (Å²) in [5, 5.41) is 3.02. The Bertz CT molecular complexity index is 197. The molecular weight excluding hydrogens is 186 g/mol. The number of carbonyl (C=O) groups excluding carboxylic acids is 1. The van der Waals surface area contributed by atoms with Gasteiger partial charge in [0.1, 0.15) is 5.78 Å². The van der Waals surface area contributed by atoms with Gasteiger partial charge in [-0.05, 0) is 25.8 Å². The molecule has 0 aromatic heterocycles. The molecule has 0 amide bonds. The Balaban J connectivity index is 2.33. The van der Waals surface area contributed by atoms with E-state index in [0.29, 0.717) is 11.7 Å². The highest BCUT2D eigenvalue weighted by atomic mass is 16.1. The van der Waals surface area contributed by atoms with Crippen molar-refractivity contribution in [1.82, 2.24) is 5.32 Å². The molecule has 1 rings (SSSR count). The van der Waals surface area contributed by atoms with E-state index in [1.165, 1.54) is 32.1 Å². The van der Waals surface area contributed by atoms with Crippen molar-refractivity contribution in [1.29, 1.82) is 0 Å². The predicted octanol–water partition coefficient (Wildman–Crippen LogP) is 2.77. The van der Waals surface area contributed by atoms with Crippen LogP contribution < -0.4 is 5.32 Å². The lowest BCUT2D eigenvalue weighted by Gasteiger charge is -2.27. The van der Waals surface area contributed by atoms with Crippen LogP contribution in [0.5, 0.6) is 0 Å². The summed E-state index contributed by atoms with van der Waals surface area (Å²) in [6, 6.07) is 0.0241. The lowest BCUT2D eigenvalue weighted by Crippen LogP contribution is -2.33. The van der Waals surface area contributed by atoms with E-state index in [2.05, 4.69) is 12.2 Å². The molecule has 1 N–H and O–H groups in total. The average Bonchev–Trinajstić information content (AvgIpc) is 2.29.